The Labute approximate surface area is 75.3 Å². The lowest BCUT2D eigenvalue weighted by atomic mass is 9.98. The van der Waals surface area contributed by atoms with Crippen molar-refractivity contribution in [3.05, 3.63) is 0 Å². The van der Waals surface area contributed by atoms with Crippen LogP contribution in [0.5, 0.6) is 0 Å². The summed E-state index contributed by atoms with van der Waals surface area (Å²) >= 11 is 0. The van der Waals surface area contributed by atoms with E-state index in [1.165, 1.54) is 19.3 Å². The molecule has 0 rings (SSSR count). The van der Waals surface area contributed by atoms with Crippen LogP contribution in [0.4, 0.5) is 0 Å². The second-order valence-corrected chi connectivity index (χ2v) is 3.53. The van der Waals surface area contributed by atoms with Gasteiger partial charge in [0.05, 0.1) is 6.10 Å². The zero-order valence-corrected chi connectivity index (χ0v) is 8.38. The van der Waals surface area contributed by atoms with Gasteiger partial charge >= 0.3 is 0 Å². The van der Waals surface area contributed by atoms with Crippen LogP contribution < -0.4 is 0 Å². The number of rotatable bonds is 7. The SMILES string of the molecule is CCCCC(C)CC(C)OC=O. The average Bonchev–Trinajstić information content (AvgIpc) is 2.01. The van der Waals surface area contributed by atoms with Crippen LogP contribution in [-0.4, -0.2) is 12.6 Å². The van der Waals surface area contributed by atoms with Gasteiger partial charge in [0.15, 0.2) is 0 Å². The topological polar surface area (TPSA) is 26.3 Å². The van der Waals surface area contributed by atoms with Gasteiger partial charge in [-0.15, -0.1) is 0 Å². The molecule has 0 aromatic heterocycles. The Bertz CT molecular complexity index is 112. The van der Waals surface area contributed by atoms with Gasteiger partial charge in [0.25, 0.3) is 6.47 Å². The Morgan fingerprint density at radius 3 is 2.58 bits per heavy atom. The van der Waals surface area contributed by atoms with Gasteiger partial charge in [0.2, 0.25) is 0 Å². The van der Waals surface area contributed by atoms with Crippen LogP contribution in [0.3, 0.4) is 0 Å². The van der Waals surface area contributed by atoms with Gasteiger partial charge in [-0.3, -0.25) is 4.79 Å². The van der Waals surface area contributed by atoms with E-state index in [2.05, 4.69) is 13.8 Å². The quantitative estimate of drug-likeness (QED) is 0.552. The van der Waals surface area contributed by atoms with Gasteiger partial charge in [-0.2, -0.15) is 0 Å². The summed E-state index contributed by atoms with van der Waals surface area (Å²) in [7, 11) is 0. The van der Waals surface area contributed by atoms with Crippen LogP contribution in [-0.2, 0) is 9.53 Å². The van der Waals surface area contributed by atoms with E-state index in [4.69, 9.17) is 4.74 Å². The van der Waals surface area contributed by atoms with E-state index >= 15 is 0 Å². The summed E-state index contributed by atoms with van der Waals surface area (Å²) in [5.41, 5.74) is 0. The van der Waals surface area contributed by atoms with Crippen molar-refractivity contribution in [1.82, 2.24) is 0 Å². The van der Waals surface area contributed by atoms with E-state index in [9.17, 15) is 4.79 Å². The van der Waals surface area contributed by atoms with Crippen molar-refractivity contribution in [3.63, 3.8) is 0 Å². The van der Waals surface area contributed by atoms with Crippen molar-refractivity contribution in [2.75, 3.05) is 0 Å². The Kier molecular flexibility index (Phi) is 6.82. The molecule has 0 saturated carbocycles. The van der Waals surface area contributed by atoms with E-state index in [1.807, 2.05) is 6.92 Å². The first kappa shape index (κ1) is 11.5. The number of carbonyl (C=O) groups is 1. The molecular weight excluding hydrogens is 152 g/mol. The standard InChI is InChI=1S/C10H20O2/c1-4-5-6-9(2)7-10(3)12-8-11/h8-10H,4-7H2,1-3H3. The minimum atomic E-state index is 0.0781. The molecule has 0 aromatic rings. The van der Waals surface area contributed by atoms with Gasteiger partial charge in [0, 0.05) is 0 Å². The molecule has 0 aliphatic carbocycles. The van der Waals surface area contributed by atoms with Crippen molar-refractivity contribution >= 4 is 6.47 Å². The molecule has 0 radical (unpaired) electrons. The van der Waals surface area contributed by atoms with Crippen molar-refractivity contribution in [3.8, 4) is 0 Å². The molecule has 0 aliphatic heterocycles. The van der Waals surface area contributed by atoms with E-state index in [1.54, 1.807) is 0 Å². The van der Waals surface area contributed by atoms with Crippen LogP contribution in [0.15, 0.2) is 0 Å². The molecule has 2 atom stereocenters. The minimum Gasteiger partial charge on any atom is -0.465 e. The minimum absolute atomic E-state index is 0.0781. The predicted octanol–water partition coefficient (Wildman–Crippen LogP) is 2.76. The van der Waals surface area contributed by atoms with Crippen LogP contribution >= 0.6 is 0 Å². The molecule has 72 valence electrons. The van der Waals surface area contributed by atoms with Gasteiger partial charge in [-0.1, -0.05) is 33.1 Å². The van der Waals surface area contributed by atoms with Crippen molar-refractivity contribution in [1.29, 1.82) is 0 Å². The highest BCUT2D eigenvalue weighted by atomic mass is 16.5. The molecule has 2 nitrogen and oxygen atoms in total. The lowest BCUT2D eigenvalue weighted by molar-refractivity contribution is -0.133. The van der Waals surface area contributed by atoms with Crippen molar-refractivity contribution in [2.24, 2.45) is 5.92 Å². The third-order valence-corrected chi connectivity index (χ3v) is 2.07. The zero-order chi connectivity index (χ0) is 9.40. The first-order chi connectivity index (χ1) is 5.70. The van der Waals surface area contributed by atoms with Crippen LogP contribution in [0.2, 0.25) is 0 Å². The molecule has 2 unspecified atom stereocenters. The molecular formula is C10H20O2. The first-order valence-electron chi connectivity index (χ1n) is 4.79. The largest absolute Gasteiger partial charge is 0.465 e. The zero-order valence-electron chi connectivity index (χ0n) is 8.38. The molecule has 0 spiro atoms. The molecule has 0 fully saturated rings. The summed E-state index contributed by atoms with van der Waals surface area (Å²) in [6.07, 6.45) is 4.82. The molecule has 12 heavy (non-hydrogen) atoms. The summed E-state index contributed by atoms with van der Waals surface area (Å²) in [4.78, 5) is 9.99. The summed E-state index contributed by atoms with van der Waals surface area (Å²) in [6, 6.07) is 0. The maximum absolute atomic E-state index is 9.99. The second kappa shape index (κ2) is 7.14. The average molecular weight is 172 g/mol. The normalized spacial score (nSPS) is 15.2. The number of carbonyl (C=O) groups excluding carboxylic acids is 1. The maximum atomic E-state index is 9.99. The van der Waals surface area contributed by atoms with Gasteiger partial charge < -0.3 is 4.74 Å². The predicted molar refractivity (Wildman–Crippen MR) is 49.9 cm³/mol. The fourth-order valence-corrected chi connectivity index (χ4v) is 1.39. The number of hydrogen-bond donors (Lipinski definition) is 0. The van der Waals surface area contributed by atoms with Crippen molar-refractivity contribution in [2.45, 2.75) is 52.6 Å². The Hall–Kier alpha value is -0.530. The second-order valence-electron chi connectivity index (χ2n) is 3.53. The maximum Gasteiger partial charge on any atom is 0.293 e. The molecule has 0 heterocycles. The van der Waals surface area contributed by atoms with Gasteiger partial charge in [0.1, 0.15) is 0 Å². The van der Waals surface area contributed by atoms with E-state index < -0.39 is 0 Å². The van der Waals surface area contributed by atoms with Crippen LogP contribution in [0, 0.1) is 5.92 Å². The lowest BCUT2D eigenvalue weighted by Crippen LogP contribution is -2.11. The molecule has 0 amide bonds. The number of hydrogen-bond acceptors (Lipinski definition) is 2. The molecule has 2 heteroatoms. The first-order valence-corrected chi connectivity index (χ1v) is 4.79. The molecule has 0 N–H and O–H groups in total. The molecule has 0 saturated heterocycles. The third kappa shape index (κ3) is 6.20. The fraction of sp³-hybridized carbons (Fsp3) is 0.900. The monoisotopic (exact) mass is 172 g/mol. The molecule has 0 aromatic carbocycles. The van der Waals surface area contributed by atoms with Crippen LogP contribution in [0.25, 0.3) is 0 Å². The van der Waals surface area contributed by atoms with Gasteiger partial charge in [-0.05, 0) is 19.3 Å². The third-order valence-electron chi connectivity index (χ3n) is 2.07. The highest BCUT2D eigenvalue weighted by molar-refractivity contribution is 5.37. The summed E-state index contributed by atoms with van der Waals surface area (Å²) in [5.74, 6) is 0.667. The fourth-order valence-electron chi connectivity index (χ4n) is 1.39. The summed E-state index contributed by atoms with van der Waals surface area (Å²) in [5, 5.41) is 0. The highest BCUT2D eigenvalue weighted by Gasteiger charge is 2.07. The summed E-state index contributed by atoms with van der Waals surface area (Å²) < 4.78 is 4.81. The summed E-state index contributed by atoms with van der Waals surface area (Å²) in [6.45, 7) is 6.88. The highest BCUT2D eigenvalue weighted by Crippen LogP contribution is 2.14. The number of unbranched alkanes of at least 4 members (excludes halogenated alkanes) is 1. The van der Waals surface area contributed by atoms with E-state index in [0.29, 0.717) is 12.4 Å². The van der Waals surface area contributed by atoms with E-state index in [-0.39, 0.29) is 6.10 Å². The Morgan fingerprint density at radius 1 is 1.42 bits per heavy atom. The lowest BCUT2D eigenvalue weighted by Gasteiger charge is -2.15. The molecule has 0 bridgehead atoms. The van der Waals surface area contributed by atoms with Gasteiger partial charge in [-0.25, -0.2) is 0 Å². The Morgan fingerprint density at radius 2 is 2.08 bits per heavy atom. The van der Waals surface area contributed by atoms with Crippen LogP contribution in [0.1, 0.15) is 46.5 Å². The van der Waals surface area contributed by atoms with Crippen molar-refractivity contribution < 1.29 is 9.53 Å². The smallest absolute Gasteiger partial charge is 0.293 e. The number of ether oxygens (including phenoxy) is 1. The Balaban J connectivity index is 3.39. The molecule has 0 aliphatic rings. The van der Waals surface area contributed by atoms with E-state index in [0.717, 1.165) is 6.42 Å².